The van der Waals surface area contributed by atoms with Gasteiger partial charge >= 0.3 is 11.8 Å². The maximum absolute atomic E-state index is 11.6. The summed E-state index contributed by atoms with van der Waals surface area (Å²) in [7, 11) is 1.56. The predicted octanol–water partition coefficient (Wildman–Crippen LogP) is -0.346. The highest BCUT2D eigenvalue weighted by atomic mass is 16.5. The zero-order valence-electron chi connectivity index (χ0n) is 9.94. The van der Waals surface area contributed by atoms with E-state index in [2.05, 4.69) is 5.32 Å². The molecule has 1 aliphatic rings. The first-order chi connectivity index (χ1) is 8.15. The van der Waals surface area contributed by atoms with E-state index in [0.717, 1.165) is 19.3 Å². The lowest BCUT2D eigenvalue weighted by molar-refractivity contribution is -0.146. The summed E-state index contributed by atoms with van der Waals surface area (Å²) < 4.78 is 5.48. The topological polar surface area (TPSA) is 82.4 Å². The van der Waals surface area contributed by atoms with Crippen LogP contribution in [-0.2, 0) is 14.3 Å². The summed E-state index contributed by atoms with van der Waals surface area (Å²) in [6.07, 6.45) is 3.07. The second-order valence-electron chi connectivity index (χ2n) is 4.02. The van der Waals surface area contributed by atoms with Crippen LogP contribution in [0.3, 0.4) is 0 Å². The zero-order chi connectivity index (χ0) is 12.7. The zero-order valence-corrected chi connectivity index (χ0v) is 9.94. The largest absolute Gasteiger partial charge is 0.376 e. The summed E-state index contributed by atoms with van der Waals surface area (Å²) in [5, 5.41) is 10.5. The van der Waals surface area contributed by atoms with Crippen LogP contribution in [0.5, 0.6) is 0 Å². The third-order valence-corrected chi connectivity index (χ3v) is 2.62. The van der Waals surface area contributed by atoms with Gasteiger partial charge in [0.05, 0.1) is 12.2 Å². The second-order valence-corrected chi connectivity index (χ2v) is 4.02. The number of carbonyl (C=O) groups is 2. The first kappa shape index (κ1) is 13.5. The molecule has 1 fully saturated rings. The van der Waals surface area contributed by atoms with E-state index in [4.69, 9.17) is 10.00 Å². The van der Waals surface area contributed by atoms with Gasteiger partial charge in [-0.3, -0.25) is 9.59 Å². The molecule has 94 valence electrons. The van der Waals surface area contributed by atoms with Crippen molar-refractivity contribution in [2.24, 2.45) is 0 Å². The van der Waals surface area contributed by atoms with E-state index in [9.17, 15) is 9.59 Å². The first-order valence-corrected chi connectivity index (χ1v) is 5.67. The highest BCUT2D eigenvalue weighted by Crippen LogP contribution is 2.13. The van der Waals surface area contributed by atoms with Crippen molar-refractivity contribution in [1.82, 2.24) is 10.2 Å². The van der Waals surface area contributed by atoms with Gasteiger partial charge in [0.15, 0.2) is 0 Å². The molecule has 1 unspecified atom stereocenters. The summed E-state index contributed by atoms with van der Waals surface area (Å²) in [5.74, 6) is -1.38. The third kappa shape index (κ3) is 4.41. The molecule has 0 saturated carbocycles. The number of ether oxygens (including phenoxy) is 1. The van der Waals surface area contributed by atoms with Gasteiger partial charge in [0.1, 0.15) is 6.54 Å². The Morgan fingerprint density at radius 2 is 2.29 bits per heavy atom. The van der Waals surface area contributed by atoms with Gasteiger partial charge < -0.3 is 15.0 Å². The van der Waals surface area contributed by atoms with Crippen molar-refractivity contribution in [3.8, 4) is 6.07 Å². The summed E-state index contributed by atoms with van der Waals surface area (Å²) in [6, 6.07) is 1.75. The molecule has 1 aliphatic heterocycles. The Labute approximate surface area is 101 Å². The van der Waals surface area contributed by atoms with Gasteiger partial charge in [-0.1, -0.05) is 0 Å². The summed E-state index contributed by atoms with van der Waals surface area (Å²) in [4.78, 5) is 24.2. The molecule has 0 spiro atoms. The molecule has 2 amide bonds. The second kappa shape index (κ2) is 6.86. The molecular weight excluding hydrogens is 222 g/mol. The third-order valence-electron chi connectivity index (χ3n) is 2.62. The number of rotatable bonds is 3. The lowest BCUT2D eigenvalue weighted by atomic mass is 10.1. The molecule has 1 rings (SSSR count). The van der Waals surface area contributed by atoms with Crippen molar-refractivity contribution in [2.75, 3.05) is 26.7 Å². The van der Waals surface area contributed by atoms with Gasteiger partial charge in [-0.2, -0.15) is 5.26 Å². The van der Waals surface area contributed by atoms with Crippen molar-refractivity contribution in [2.45, 2.75) is 25.4 Å². The number of carbonyl (C=O) groups excluding carboxylic acids is 2. The molecule has 1 N–H and O–H groups in total. The minimum atomic E-state index is -0.746. The quantitative estimate of drug-likeness (QED) is 0.539. The molecule has 1 atom stereocenters. The number of nitriles is 1. The molecule has 0 aromatic heterocycles. The van der Waals surface area contributed by atoms with Crippen LogP contribution < -0.4 is 5.32 Å². The summed E-state index contributed by atoms with van der Waals surface area (Å²) in [6.45, 7) is 0.977. The highest BCUT2D eigenvalue weighted by molar-refractivity contribution is 6.34. The SMILES string of the molecule is CN(CC1CCCCO1)C(=O)C(=O)NCC#N. The minimum Gasteiger partial charge on any atom is -0.376 e. The van der Waals surface area contributed by atoms with E-state index in [0.29, 0.717) is 13.2 Å². The molecule has 0 bridgehead atoms. The Morgan fingerprint density at radius 1 is 1.53 bits per heavy atom. The fourth-order valence-electron chi connectivity index (χ4n) is 1.71. The standard InChI is InChI=1S/C11H17N3O3/c1-14(8-9-4-2-3-7-17-9)11(16)10(15)13-6-5-12/h9H,2-4,6-8H2,1H3,(H,13,15). The monoisotopic (exact) mass is 239 g/mol. The molecule has 17 heavy (non-hydrogen) atoms. The van der Waals surface area contributed by atoms with Crippen molar-refractivity contribution >= 4 is 11.8 Å². The van der Waals surface area contributed by atoms with Gasteiger partial charge in [0.25, 0.3) is 0 Å². The maximum Gasteiger partial charge on any atom is 0.311 e. The van der Waals surface area contributed by atoms with E-state index in [1.54, 1.807) is 13.1 Å². The van der Waals surface area contributed by atoms with Gasteiger partial charge in [-0.05, 0) is 19.3 Å². The fourth-order valence-corrected chi connectivity index (χ4v) is 1.71. The van der Waals surface area contributed by atoms with Crippen LogP contribution in [0.2, 0.25) is 0 Å². The van der Waals surface area contributed by atoms with E-state index in [1.807, 2.05) is 0 Å². The van der Waals surface area contributed by atoms with E-state index in [-0.39, 0.29) is 12.6 Å². The van der Waals surface area contributed by atoms with Crippen LogP contribution in [0, 0.1) is 11.3 Å². The van der Waals surface area contributed by atoms with Gasteiger partial charge in [0, 0.05) is 20.2 Å². The van der Waals surface area contributed by atoms with E-state index in [1.165, 1.54) is 4.90 Å². The molecule has 0 radical (unpaired) electrons. The van der Waals surface area contributed by atoms with Crippen molar-refractivity contribution in [3.63, 3.8) is 0 Å². The molecular formula is C11H17N3O3. The minimum absolute atomic E-state index is 0.0152. The molecule has 6 heteroatoms. The molecule has 0 aromatic carbocycles. The van der Waals surface area contributed by atoms with Crippen molar-refractivity contribution < 1.29 is 14.3 Å². The molecule has 0 aromatic rings. The maximum atomic E-state index is 11.6. The molecule has 0 aliphatic carbocycles. The van der Waals surface area contributed by atoms with E-state index < -0.39 is 11.8 Å². The first-order valence-electron chi connectivity index (χ1n) is 5.67. The number of nitrogens with zero attached hydrogens (tertiary/aromatic N) is 2. The summed E-state index contributed by atoms with van der Waals surface area (Å²) in [5.41, 5.74) is 0. The summed E-state index contributed by atoms with van der Waals surface area (Å²) >= 11 is 0. The Kier molecular flexibility index (Phi) is 5.43. The number of nitrogens with one attached hydrogen (secondary N) is 1. The Hall–Kier alpha value is -1.61. The Bertz CT molecular complexity index is 318. The van der Waals surface area contributed by atoms with Crippen molar-refractivity contribution in [1.29, 1.82) is 5.26 Å². The average Bonchev–Trinajstić information content (AvgIpc) is 2.36. The van der Waals surface area contributed by atoms with Crippen LogP contribution in [0.15, 0.2) is 0 Å². The van der Waals surface area contributed by atoms with Gasteiger partial charge in [-0.15, -0.1) is 0 Å². The van der Waals surface area contributed by atoms with Crippen LogP contribution in [0.4, 0.5) is 0 Å². The van der Waals surface area contributed by atoms with Crippen LogP contribution in [0.1, 0.15) is 19.3 Å². The van der Waals surface area contributed by atoms with Crippen LogP contribution in [-0.4, -0.2) is 49.6 Å². The van der Waals surface area contributed by atoms with Gasteiger partial charge in [-0.25, -0.2) is 0 Å². The fraction of sp³-hybridized carbons (Fsp3) is 0.727. The molecule has 1 heterocycles. The number of amides is 2. The Balaban J connectivity index is 2.35. The lowest BCUT2D eigenvalue weighted by Crippen LogP contribution is -2.44. The van der Waals surface area contributed by atoms with Crippen molar-refractivity contribution in [3.05, 3.63) is 0 Å². The highest BCUT2D eigenvalue weighted by Gasteiger charge is 2.22. The molecule has 1 saturated heterocycles. The molecule has 6 nitrogen and oxygen atoms in total. The normalized spacial score (nSPS) is 19.2. The number of likely N-dealkylation sites (N-methyl/N-ethyl adjacent to an activating group) is 1. The Morgan fingerprint density at radius 3 is 2.88 bits per heavy atom. The predicted molar refractivity (Wildman–Crippen MR) is 59.9 cm³/mol. The average molecular weight is 239 g/mol. The van der Waals surface area contributed by atoms with Gasteiger partial charge in [0.2, 0.25) is 0 Å². The number of hydrogen-bond donors (Lipinski definition) is 1. The van der Waals surface area contributed by atoms with E-state index >= 15 is 0 Å². The number of hydrogen-bond acceptors (Lipinski definition) is 4. The van der Waals surface area contributed by atoms with Crippen LogP contribution >= 0.6 is 0 Å². The van der Waals surface area contributed by atoms with Crippen LogP contribution in [0.25, 0.3) is 0 Å². The smallest absolute Gasteiger partial charge is 0.311 e. The lowest BCUT2D eigenvalue weighted by Gasteiger charge is -2.26.